The van der Waals surface area contributed by atoms with Crippen molar-refractivity contribution in [3.63, 3.8) is 0 Å². The fourth-order valence-corrected chi connectivity index (χ4v) is 2.23. The standard InChI is InChI=1S/C16H15N3/c17-12-13-6-4-5-9-15(13)16-10-11-18-19(16)14-7-2-1-3-8-14/h1-11H,12,17H2. The van der Waals surface area contributed by atoms with Crippen LogP contribution in [-0.4, -0.2) is 9.78 Å². The highest BCUT2D eigenvalue weighted by atomic mass is 15.3. The minimum Gasteiger partial charge on any atom is -0.326 e. The quantitative estimate of drug-likeness (QED) is 0.775. The fraction of sp³-hybridized carbons (Fsp3) is 0.0625. The Morgan fingerprint density at radius 2 is 1.63 bits per heavy atom. The van der Waals surface area contributed by atoms with Gasteiger partial charge in [-0.1, -0.05) is 42.5 Å². The zero-order valence-corrected chi connectivity index (χ0v) is 10.5. The number of nitrogens with two attached hydrogens (primary N) is 1. The van der Waals surface area contributed by atoms with Crippen LogP contribution < -0.4 is 5.73 Å². The lowest BCUT2D eigenvalue weighted by molar-refractivity contribution is 0.885. The lowest BCUT2D eigenvalue weighted by atomic mass is 10.0. The Kier molecular flexibility index (Phi) is 3.12. The van der Waals surface area contributed by atoms with Crippen molar-refractivity contribution >= 4 is 0 Å². The molecule has 0 aliphatic carbocycles. The Labute approximate surface area is 112 Å². The summed E-state index contributed by atoms with van der Waals surface area (Å²) < 4.78 is 1.94. The second-order valence-electron chi connectivity index (χ2n) is 4.33. The molecule has 3 heteroatoms. The predicted octanol–water partition coefficient (Wildman–Crippen LogP) is 3.00. The van der Waals surface area contributed by atoms with Gasteiger partial charge < -0.3 is 5.73 Å². The van der Waals surface area contributed by atoms with Crippen LogP contribution in [0.4, 0.5) is 0 Å². The number of benzene rings is 2. The molecule has 0 saturated heterocycles. The van der Waals surface area contributed by atoms with E-state index in [0.717, 1.165) is 22.5 Å². The van der Waals surface area contributed by atoms with E-state index in [0.29, 0.717) is 6.54 Å². The maximum atomic E-state index is 5.82. The van der Waals surface area contributed by atoms with Crippen LogP contribution in [0.25, 0.3) is 16.9 Å². The van der Waals surface area contributed by atoms with Crippen LogP contribution in [-0.2, 0) is 6.54 Å². The average Bonchev–Trinajstić information content (AvgIpc) is 2.97. The molecule has 0 amide bonds. The van der Waals surface area contributed by atoms with Gasteiger partial charge in [-0.2, -0.15) is 5.10 Å². The highest BCUT2D eigenvalue weighted by molar-refractivity contribution is 5.65. The molecule has 1 aromatic heterocycles. The van der Waals surface area contributed by atoms with E-state index >= 15 is 0 Å². The number of hydrogen-bond acceptors (Lipinski definition) is 2. The second kappa shape index (κ2) is 5.08. The van der Waals surface area contributed by atoms with Gasteiger partial charge in [0.25, 0.3) is 0 Å². The fourth-order valence-electron chi connectivity index (χ4n) is 2.23. The number of aromatic nitrogens is 2. The minimum atomic E-state index is 0.524. The van der Waals surface area contributed by atoms with E-state index in [2.05, 4.69) is 17.2 Å². The third kappa shape index (κ3) is 2.16. The van der Waals surface area contributed by atoms with Crippen LogP contribution in [0.15, 0.2) is 66.9 Å². The van der Waals surface area contributed by atoms with E-state index < -0.39 is 0 Å². The maximum Gasteiger partial charge on any atom is 0.0744 e. The Morgan fingerprint density at radius 3 is 2.42 bits per heavy atom. The van der Waals surface area contributed by atoms with Gasteiger partial charge >= 0.3 is 0 Å². The van der Waals surface area contributed by atoms with Gasteiger partial charge in [0.2, 0.25) is 0 Å². The molecule has 3 aromatic rings. The minimum absolute atomic E-state index is 0.524. The van der Waals surface area contributed by atoms with E-state index in [-0.39, 0.29) is 0 Å². The van der Waals surface area contributed by atoms with E-state index in [9.17, 15) is 0 Å². The first-order valence-corrected chi connectivity index (χ1v) is 6.28. The molecule has 3 nitrogen and oxygen atoms in total. The van der Waals surface area contributed by atoms with Crippen LogP contribution >= 0.6 is 0 Å². The van der Waals surface area contributed by atoms with Crippen molar-refractivity contribution in [1.29, 1.82) is 0 Å². The summed E-state index contributed by atoms with van der Waals surface area (Å²) >= 11 is 0. The summed E-state index contributed by atoms with van der Waals surface area (Å²) in [6.45, 7) is 0.524. The molecule has 0 saturated carbocycles. The summed E-state index contributed by atoms with van der Waals surface area (Å²) in [5.41, 5.74) is 10.2. The average molecular weight is 249 g/mol. The molecule has 0 fully saturated rings. The predicted molar refractivity (Wildman–Crippen MR) is 76.9 cm³/mol. The zero-order valence-electron chi connectivity index (χ0n) is 10.5. The van der Waals surface area contributed by atoms with Crippen LogP contribution in [0.2, 0.25) is 0 Å². The number of nitrogens with zero attached hydrogens (tertiary/aromatic N) is 2. The lowest BCUT2D eigenvalue weighted by Crippen LogP contribution is -2.03. The van der Waals surface area contributed by atoms with Crippen molar-refractivity contribution in [2.24, 2.45) is 5.73 Å². The molecule has 0 radical (unpaired) electrons. The third-order valence-corrected chi connectivity index (χ3v) is 3.16. The van der Waals surface area contributed by atoms with Gasteiger partial charge in [0, 0.05) is 12.1 Å². The Balaban J connectivity index is 2.15. The van der Waals surface area contributed by atoms with Crippen LogP contribution in [0.3, 0.4) is 0 Å². The molecule has 0 aliphatic rings. The van der Waals surface area contributed by atoms with E-state index in [1.807, 2.05) is 59.4 Å². The number of hydrogen-bond donors (Lipinski definition) is 1. The highest BCUT2D eigenvalue weighted by Gasteiger charge is 2.09. The molecule has 19 heavy (non-hydrogen) atoms. The highest BCUT2D eigenvalue weighted by Crippen LogP contribution is 2.25. The molecule has 0 bridgehead atoms. The van der Waals surface area contributed by atoms with Gasteiger partial charge in [-0.3, -0.25) is 0 Å². The van der Waals surface area contributed by atoms with Crippen molar-refractivity contribution < 1.29 is 0 Å². The van der Waals surface area contributed by atoms with E-state index in [4.69, 9.17) is 5.73 Å². The Bertz CT molecular complexity index is 671. The molecule has 0 spiro atoms. The summed E-state index contributed by atoms with van der Waals surface area (Å²) in [7, 11) is 0. The van der Waals surface area contributed by atoms with E-state index in [1.165, 1.54) is 0 Å². The summed E-state index contributed by atoms with van der Waals surface area (Å²) in [6.07, 6.45) is 1.82. The third-order valence-electron chi connectivity index (χ3n) is 3.16. The van der Waals surface area contributed by atoms with Crippen LogP contribution in [0, 0.1) is 0 Å². The van der Waals surface area contributed by atoms with Crippen molar-refractivity contribution in [3.8, 4) is 16.9 Å². The summed E-state index contributed by atoms with van der Waals surface area (Å²) in [6, 6.07) is 20.3. The number of para-hydroxylation sites is 1. The van der Waals surface area contributed by atoms with Crippen molar-refractivity contribution in [3.05, 3.63) is 72.4 Å². The molecule has 2 aromatic carbocycles. The zero-order chi connectivity index (χ0) is 13.1. The maximum absolute atomic E-state index is 5.82. The smallest absolute Gasteiger partial charge is 0.0744 e. The monoisotopic (exact) mass is 249 g/mol. The van der Waals surface area contributed by atoms with Gasteiger partial charge in [0.1, 0.15) is 0 Å². The van der Waals surface area contributed by atoms with Crippen molar-refractivity contribution in [2.45, 2.75) is 6.54 Å². The van der Waals surface area contributed by atoms with Gasteiger partial charge in [0.05, 0.1) is 17.6 Å². The lowest BCUT2D eigenvalue weighted by Gasteiger charge is -2.10. The topological polar surface area (TPSA) is 43.8 Å². The molecule has 3 rings (SSSR count). The van der Waals surface area contributed by atoms with Gasteiger partial charge in [-0.15, -0.1) is 0 Å². The molecule has 2 N–H and O–H groups in total. The molecular formula is C16H15N3. The normalized spacial score (nSPS) is 10.6. The SMILES string of the molecule is NCc1ccccc1-c1ccnn1-c1ccccc1. The van der Waals surface area contributed by atoms with Crippen LogP contribution in [0.1, 0.15) is 5.56 Å². The first-order chi connectivity index (χ1) is 9.40. The molecule has 0 unspecified atom stereocenters. The molecule has 94 valence electrons. The molecule has 0 atom stereocenters. The second-order valence-corrected chi connectivity index (χ2v) is 4.33. The largest absolute Gasteiger partial charge is 0.326 e. The molecular weight excluding hydrogens is 234 g/mol. The van der Waals surface area contributed by atoms with Crippen LogP contribution in [0.5, 0.6) is 0 Å². The number of rotatable bonds is 3. The summed E-state index contributed by atoms with van der Waals surface area (Å²) in [5.74, 6) is 0. The van der Waals surface area contributed by atoms with Gasteiger partial charge in [0.15, 0.2) is 0 Å². The van der Waals surface area contributed by atoms with E-state index in [1.54, 1.807) is 0 Å². The van der Waals surface area contributed by atoms with Crippen molar-refractivity contribution in [1.82, 2.24) is 9.78 Å². The molecule has 1 heterocycles. The first kappa shape index (κ1) is 11.7. The van der Waals surface area contributed by atoms with Gasteiger partial charge in [-0.05, 0) is 23.8 Å². The Morgan fingerprint density at radius 1 is 0.895 bits per heavy atom. The summed E-state index contributed by atoms with van der Waals surface area (Å²) in [4.78, 5) is 0. The summed E-state index contributed by atoms with van der Waals surface area (Å²) in [5, 5.41) is 4.41. The Hall–Kier alpha value is -2.39. The van der Waals surface area contributed by atoms with Crippen molar-refractivity contribution in [2.75, 3.05) is 0 Å². The first-order valence-electron chi connectivity index (χ1n) is 6.28. The molecule has 0 aliphatic heterocycles. The van der Waals surface area contributed by atoms with Gasteiger partial charge in [-0.25, -0.2) is 4.68 Å².